The lowest BCUT2D eigenvalue weighted by Crippen LogP contribution is -2.42. The molecular formula is C17H17F2N3O2. The maximum Gasteiger partial charge on any atom is 0.270 e. The summed E-state index contributed by atoms with van der Waals surface area (Å²) in [5.74, 6) is -2.24. The second-order valence-electron chi connectivity index (χ2n) is 5.27. The molecule has 0 saturated heterocycles. The van der Waals surface area contributed by atoms with E-state index in [2.05, 4.69) is 15.6 Å². The number of hydrogen-bond acceptors (Lipinski definition) is 3. The van der Waals surface area contributed by atoms with Crippen LogP contribution in [0.15, 0.2) is 42.6 Å². The average molecular weight is 333 g/mol. The molecule has 1 atom stereocenters. The summed E-state index contributed by atoms with van der Waals surface area (Å²) in [6.45, 7) is 1.38. The average Bonchev–Trinajstić information content (AvgIpc) is 2.57. The SMILES string of the molecule is CC(Cc1c(F)cccc1F)NC(=O)CNC(=O)c1ccccn1. The van der Waals surface area contributed by atoms with Gasteiger partial charge in [-0.25, -0.2) is 8.78 Å². The fourth-order valence-corrected chi connectivity index (χ4v) is 2.16. The number of amides is 2. The van der Waals surface area contributed by atoms with Gasteiger partial charge in [0.15, 0.2) is 0 Å². The first-order chi connectivity index (χ1) is 11.5. The summed E-state index contributed by atoms with van der Waals surface area (Å²) in [5.41, 5.74) is 0.120. The second kappa shape index (κ2) is 8.14. The normalized spacial score (nSPS) is 11.6. The molecule has 0 radical (unpaired) electrons. The molecule has 2 amide bonds. The predicted molar refractivity (Wildman–Crippen MR) is 84.2 cm³/mol. The molecule has 0 aliphatic carbocycles. The zero-order chi connectivity index (χ0) is 17.5. The van der Waals surface area contributed by atoms with Crippen molar-refractivity contribution < 1.29 is 18.4 Å². The van der Waals surface area contributed by atoms with E-state index in [1.807, 2.05) is 0 Å². The van der Waals surface area contributed by atoms with Crippen molar-refractivity contribution >= 4 is 11.8 Å². The minimum atomic E-state index is -0.653. The molecule has 0 saturated carbocycles. The molecule has 24 heavy (non-hydrogen) atoms. The lowest BCUT2D eigenvalue weighted by molar-refractivity contribution is -0.120. The number of carbonyl (C=O) groups excluding carboxylic acids is 2. The number of carbonyl (C=O) groups is 2. The molecule has 0 spiro atoms. The maximum absolute atomic E-state index is 13.6. The molecule has 5 nitrogen and oxygen atoms in total. The van der Waals surface area contributed by atoms with Crippen molar-refractivity contribution in [1.82, 2.24) is 15.6 Å². The van der Waals surface area contributed by atoms with Gasteiger partial charge < -0.3 is 10.6 Å². The van der Waals surface area contributed by atoms with Crippen LogP contribution in [0.4, 0.5) is 8.78 Å². The Labute approximate surface area is 138 Å². The molecule has 0 aliphatic rings. The number of halogens is 2. The van der Waals surface area contributed by atoms with Crippen molar-refractivity contribution in [3.63, 3.8) is 0 Å². The fourth-order valence-electron chi connectivity index (χ4n) is 2.16. The van der Waals surface area contributed by atoms with Crippen molar-refractivity contribution in [2.24, 2.45) is 0 Å². The van der Waals surface area contributed by atoms with E-state index in [1.165, 1.54) is 30.5 Å². The number of nitrogens with zero attached hydrogens (tertiary/aromatic N) is 1. The van der Waals surface area contributed by atoms with Gasteiger partial charge in [-0.3, -0.25) is 14.6 Å². The fraction of sp³-hybridized carbons (Fsp3) is 0.235. The summed E-state index contributed by atoms with van der Waals surface area (Å²) in [6.07, 6.45) is 1.48. The maximum atomic E-state index is 13.6. The van der Waals surface area contributed by atoms with E-state index >= 15 is 0 Å². The first-order valence-corrected chi connectivity index (χ1v) is 7.39. The van der Waals surface area contributed by atoms with Crippen LogP contribution < -0.4 is 10.6 Å². The number of benzene rings is 1. The van der Waals surface area contributed by atoms with E-state index in [1.54, 1.807) is 19.1 Å². The summed E-state index contributed by atoms with van der Waals surface area (Å²) in [5, 5.41) is 5.01. The van der Waals surface area contributed by atoms with Crippen molar-refractivity contribution in [1.29, 1.82) is 0 Å². The van der Waals surface area contributed by atoms with Crippen LogP contribution in [0.25, 0.3) is 0 Å². The number of hydrogen-bond donors (Lipinski definition) is 2. The second-order valence-corrected chi connectivity index (χ2v) is 5.27. The third kappa shape index (κ3) is 4.84. The van der Waals surface area contributed by atoms with Gasteiger partial charge in [0.2, 0.25) is 5.91 Å². The third-order valence-corrected chi connectivity index (χ3v) is 3.29. The van der Waals surface area contributed by atoms with E-state index in [0.29, 0.717) is 0 Å². The van der Waals surface area contributed by atoms with Gasteiger partial charge in [-0.15, -0.1) is 0 Å². The van der Waals surface area contributed by atoms with Gasteiger partial charge in [-0.2, -0.15) is 0 Å². The highest BCUT2D eigenvalue weighted by atomic mass is 19.1. The van der Waals surface area contributed by atoms with E-state index in [4.69, 9.17) is 0 Å². The van der Waals surface area contributed by atoms with E-state index in [0.717, 1.165) is 0 Å². The number of pyridine rings is 1. The van der Waals surface area contributed by atoms with Crippen LogP contribution >= 0.6 is 0 Å². The number of aromatic nitrogens is 1. The molecule has 0 bridgehead atoms. The van der Waals surface area contributed by atoms with Crippen LogP contribution in [-0.4, -0.2) is 29.4 Å². The summed E-state index contributed by atoms with van der Waals surface area (Å²) in [4.78, 5) is 27.4. The van der Waals surface area contributed by atoms with Crippen LogP contribution in [-0.2, 0) is 11.2 Å². The highest BCUT2D eigenvalue weighted by Crippen LogP contribution is 2.14. The topological polar surface area (TPSA) is 71.1 Å². The van der Waals surface area contributed by atoms with Gasteiger partial charge in [-0.05, 0) is 37.6 Å². The van der Waals surface area contributed by atoms with Gasteiger partial charge in [-0.1, -0.05) is 12.1 Å². The van der Waals surface area contributed by atoms with Gasteiger partial charge in [0, 0.05) is 17.8 Å². The van der Waals surface area contributed by atoms with Gasteiger partial charge in [0.1, 0.15) is 17.3 Å². The zero-order valence-corrected chi connectivity index (χ0v) is 13.1. The van der Waals surface area contributed by atoms with E-state index in [-0.39, 0.29) is 24.2 Å². The van der Waals surface area contributed by atoms with Crippen molar-refractivity contribution in [2.45, 2.75) is 19.4 Å². The molecule has 0 fully saturated rings. The summed E-state index contributed by atoms with van der Waals surface area (Å²) in [6, 6.07) is 7.98. The van der Waals surface area contributed by atoms with Crippen LogP contribution in [0.2, 0.25) is 0 Å². The molecule has 126 valence electrons. The standard InChI is InChI=1S/C17H17F2N3O2/c1-11(9-12-13(18)5-4-6-14(12)19)22-16(23)10-21-17(24)15-7-2-3-8-20-15/h2-8,11H,9-10H2,1H3,(H,21,24)(H,22,23). The first kappa shape index (κ1) is 17.5. The van der Waals surface area contributed by atoms with Crippen molar-refractivity contribution in [3.8, 4) is 0 Å². The predicted octanol–water partition coefficient (Wildman–Crippen LogP) is 1.84. The van der Waals surface area contributed by atoms with Crippen LogP contribution in [0.3, 0.4) is 0 Å². The van der Waals surface area contributed by atoms with Gasteiger partial charge >= 0.3 is 0 Å². The summed E-state index contributed by atoms with van der Waals surface area (Å²) < 4.78 is 27.1. The quantitative estimate of drug-likeness (QED) is 0.847. The smallest absolute Gasteiger partial charge is 0.270 e. The molecule has 2 aromatic rings. The van der Waals surface area contributed by atoms with Gasteiger partial charge in [0.05, 0.1) is 6.54 Å². The highest BCUT2D eigenvalue weighted by molar-refractivity contribution is 5.94. The molecule has 2 N–H and O–H groups in total. The van der Waals surface area contributed by atoms with E-state index in [9.17, 15) is 18.4 Å². The molecule has 2 rings (SSSR count). The molecule has 1 unspecified atom stereocenters. The molecule has 0 aliphatic heterocycles. The Morgan fingerprint density at radius 1 is 1.12 bits per heavy atom. The Bertz CT molecular complexity index is 703. The van der Waals surface area contributed by atoms with Crippen molar-refractivity contribution in [2.75, 3.05) is 6.54 Å². The van der Waals surface area contributed by atoms with E-state index < -0.39 is 29.5 Å². The Balaban J connectivity index is 1.83. The lowest BCUT2D eigenvalue weighted by atomic mass is 10.1. The van der Waals surface area contributed by atoms with Crippen LogP contribution in [0.1, 0.15) is 23.0 Å². The Morgan fingerprint density at radius 3 is 2.46 bits per heavy atom. The first-order valence-electron chi connectivity index (χ1n) is 7.39. The monoisotopic (exact) mass is 333 g/mol. The largest absolute Gasteiger partial charge is 0.352 e. The molecule has 1 heterocycles. The van der Waals surface area contributed by atoms with Gasteiger partial charge in [0.25, 0.3) is 5.91 Å². The number of rotatable bonds is 6. The summed E-state index contributed by atoms with van der Waals surface area (Å²) in [7, 11) is 0. The molecular weight excluding hydrogens is 316 g/mol. The molecule has 1 aromatic carbocycles. The Morgan fingerprint density at radius 2 is 1.83 bits per heavy atom. The minimum absolute atomic E-state index is 0.0123. The van der Waals surface area contributed by atoms with Crippen molar-refractivity contribution in [3.05, 3.63) is 65.5 Å². The lowest BCUT2D eigenvalue weighted by Gasteiger charge is -2.15. The third-order valence-electron chi connectivity index (χ3n) is 3.29. The molecule has 7 heteroatoms. The minimum Gasteiger partial charge on any atom is -0.352 e. The molecule has 1 aromatic heterocycles. The highest BCUT2D eigenvalue weighted by Gasteiger charge is 2.15. The zero-order valence-electron chi connectivity index (χ0n) is 13.1. The Kier molecular flexibility index (Phi) is 5.95. The van der Waals surface area contributed by atoms with Crippen LogP contribution in [0, 0.1) is 11.6 Å². The number of nitrogens with one attached hydrogen (secondary N) is 2. The Hall–Kier alpha value is -2.83. The van der Waals surface area contributed by atoms with Crippen LogP contribution in [0.5, 0.6) is 0 Å². The summed E-state index contributed by atoms with van der Waals surface area (Å²) >= 11 is 0.